The fourth-order valence-corrected chi connectivity index (χ4v) is 2.78. The van der Waals surface area contributed by atoms with Gasteiger partial charge in [0.25, 0.3) is 5.91 Å². The van der Waals surface area contributed by atoms with Gasteiger partial charge in [-0.1, -0.05) is 0 Å². The highest BCUT2D eigenvalue weighted by molar-refractivity contribution is 6.16. The number of rotatable bonds is 0. The van der Waals surface area contributed by atoms with Crippen LogP contribution in [0.5, 0.6) is 0 Å². The molecule has 0 bridgehead atoms. The molecule has 1 fully saturated rings. The van der Waals surface area contributed by atoms with Gasteiger partial charge in [0.2, 0.25) is 7.98 Å². The molecular weight excluding hydrogens is 229 g/mol. The zero-order valence-electron chi connectivity index (χ0n) is 10.5. The first-order valence-electron chi connectivity index (χ1n) is 6.17. The molecule has 0 saturated carbocycles. The highest BCUT2D eigenvalue weighted by Gasteiger charge is 2.49. The maximum Gasteiger partial charge on any atom is 0.255 e. The summed E-state index contributed by atoms with van der Waals surface area (Å²) >= 11 is 0. The molecule has 0 aromatic rings. The molecule has 1 spiro atoms. The number of amides is 1. The molecule has 3 aliphatic heterocycles. The topological polar surface area (TPSA) is 44.8 Å². The van der Waals surface area contributed by atoms with Gasteiger partial charge in [-0.05, 0) is 19.3 Å². The summed E-state index contributed by atoms with van der Waals surface area (Å²) in [4.78, 5) is 15.8. The first kappa shape index (κ1) is 11.7. The largest absolute Gasteiger partial charge is 0.478 e. The molecule has 18 heavy (non-hydrogen) atoms. The van der Waals surface area contributed by atoms with Crippen LogP contribution in [-0.2, 0) is 9.53 Å². The van der Waals surface area contributed by atoms with Crippen LogP contribution in [0.4, 0.5) is 0 Å². The molecule has 5 nitrogen and oxygen atoms in total. The maximum absolute atomic E-state index is 12.4. The molecule has 3 aliphatic rings. The van der Waals surface area contributed by atoms with Crippen LogP contribution in [0.1, 0.15) is 6.42 Å². The average Bonchev–Trinajstić information content (AvgIpc) is 2.68. The van der Waals surface area contributed by atoms with Gasteiger partial charge in [-0.15, -0.1) is 0 Å². The molecule has 1 unspecified atom stereocenters. The highest BCUT2D eigenvalue weighted by atomic mass is 16.5. The van der Waals surface area contributed by atoms with Gasteiger partial charge in [0.05, 0.1) is 6.54 Å². The van der Waals surface area contributed by atoms with Crippen LogP contribution >= 0.6 is 0 Å². The summed E-state index contributed by atoms with van der Waals surface area (Å²) in [7, 11) is 7.87. The van der Waals surface area contributed by atoms with Crippen molar-refractivity contribution in [3.63, 3.8) is 0 Å². The van der Waals surface area contributed by atoms with E-state index in [1.54, 1.807) is 0 Å². The van der Waals surface area contributed by atoms with Crippen LogP contribution in [0.25, 0.3) is 0 Å². The number of likely N-dealkylation sites (tertiary alicyclic amines) is 1. The van der Waals surface area contributed by atoms with Gasteiger partial charge >= 0.3 is 0 Å². The van der Waals surface area contributed by atoms with Gasteiger partial charge in [-0.25, -0.2) is 0 Å². The lowest BCUT2D eigenvalue weighted by atomic mass is 9.99. The van der Waals surface area contributed by atoms with Crippen LogP contribution in [0.15, 0.2) is 23.6 Å². The molecule has 1 saturated heterocycles. The van der Waals surface area contributed by atoms with E-state index in [-0.39, 0.29) is 5.91 Å². The summed E-state index contributed by atoms with van der Waals surface area (Å²) in [5.74, 6) is 0.726. The lowest BCUT2D eigenvalue weighted by Crippen LogP contribution is -2.50. The van der Waals surface area contributed by atoms with Crippen molar-refractivity contribution in [3.8, 4) is 0 Å². The fourth-order valence-electron chi connectivity index (χ4n) is 2.78. The van der Waals surface area contributed by atoms with E-state index in [2.05, 4.69) is 10.2 Å². The molecule has 6 heteroatoms. The van der Waals surface area contributed by atoms with E-state index < -0.39 is 5.60 Å². The predicted molar refractivity (Wildman–Crippen MR) is 67.6 cm³/mol. The Bertz CT molecular complexity index is 449. The first-order chi connectivity index (χ1) is 8.61. The van der Waals surface area contributed by atoms with E-state index in [0.29, 0.717) is 26.1 Å². The molecule has 3 heterocycles. The number of ether oxygens (including phenoxy) is 1. The molecule has 1 atom stereocenters. The number of likely N-dealkylation sites (N-methyl/N-ethyl adjacent to an activating group) is 1. The van der Waals surface area contributed by atoms with Gasteiger partial charge in [-0.3, -0.25) is 4.79 Å². The SMILES string of the molecule is [B]N1CC2=C(CNC=C2)OC2(CCN(C)C2)C1=O. The molecule has 0 aromatic heterocycles. The van der Waals surface area contributed by atoms with Crippen molar-refractivity contribution >= 4 is 13.9 Å². The number of nitrogens with one attached hydrogen (secondary N) is 1. The van der Waals surface area contributed by atoms with E-state index >= 15 is 0 Å². The molecule has 0 aromatic carbocycles. The number of nitrogens with zero attached hydrogens (tertiary/aromatic N) is 2. The third kappa shape index (κ3) is 1.71. The molecule has 1 N–H and O–H groups in total. The van der Waals surface area contributed by atoms with Gasteiger partial charge in [-0.2, -0.15) is 0 Å². The Kier molecular flexibility index (Phi) is 2.62. The van der Waals surface area contributed by atoms with E-state index in [4.69, 9.17) is 12.7 Å². The molecule has 94 valence electrons. The van der Waals surface area contributed by atoms with Crippen LogP contribution in [0.2, 0.25) is 0 Å². The van der Waals surface area contributed by atoms with E-state index in [1.165, 1.54) is 4.81 Å². The second kappa shape index (κ2) is 4.05. The third-order valence-electron chi connectivity index (χ3n) is 3.76. The Morgan fingerprint density at radius 1 is 1.56 bits per heavy atom. The Labute approximate surface area is 108 Å². The van der Waals surface area contributed by atoms with Crippen LogP contribution in [-0.4, -0.2) is 62.4 Å². The van der Waals surface area contributed by atoms with Crippen LogP contribution < -0.4 is 5.32 Å². The van der Waals surface area contributed by atoms with E-state index in [1.807, 2.05) is 19.3 Å². The third-order valence-corrected chi connectivity index (χ3v) is 3.76. The Hall–Kier alpha value is -1.43. The lowest BCUT2D eigenvalue weighted by molar-refractivity contribution is -0.145. The van der Waals surface area contributed by atoms with Crippen molar-refractivity contribution in [1.82, 2.24) is 15.0 Å². The molecule has 0 aliphatic carbocycles. The summed E-state index contributed by atoms with van der Waals surface area (Å²) in [5, 5.41) is 3.11. The Balaban J connectivity index is 1.97. The number of carbonyl (C=O) groups is 1. The molecular formula is C12H16BN3O2. The Morgan fingerprint density at radius 3 is 3.11 bits per heavy atom. The smallest absolute Gasteiger partial charge is 0.255 e. The van der Waals surface area contributed by atoms with Crippen molar-refractivity contribution in [2.45, 2.75) is 12.0 Å². The summed E-state index contributed by atoms with van der Waals surface area (Å²) in [5.41, 5.74) is 0.184. The summed E-state index contributed by atoms with van der Waals surface area (Å²) in [6.45, 7) is 2.49. The minimum Gasteiger partial charge on any atom is -0.478 e. The van der Waals surface area contributed by atoms with Crippen LogP contribution in [0.3, 0.4) is 0 Å². The number of dihydropyridines is 1. The number of hydrogen-bond acceptors (Lipinski definition) is 4. The molecule has 2 radical (unpaired) electrons. The fraction of sp³-hybridized carbons (Fsp3) is 0.583. The predicted octanol–water partition coefficient (Wildman–Crippen LogP) is -0.626. The zero-order valence-corrected chi connectivity index (χ0v) is 10.5. The maximum atomic E-state index is 12.4. The van der Waals surface area contributed by atoms with Crippen molar-refractivity contribution in [3.05, 3.63) is 23.6 Å². The van der Waals surface area contributed by atoms with Gasteiger partial charge < -0.3 is 19.8 Å². The molecule has 3 rings (SSSR count). The number of hydrogen-bond donors (Lipinski definition) is 1. The standard InChI is InChI=1S/C12H16BN3O2/c1-15-5-3-12(8-15)11(17)16(13)7-9-2-4-14-6-10(9)18-12/h2,4,14H,3,5-8H2,1H3. The lowest BCUT2D eigenvalue weighted by Gasteiger charge is -2.31. The van der Waals surface area contributed by atoms with E-state index in [9.17, 15) is 4.79 Å². The normalized spacial score (nSPS) is 32.3. The zero-order chi connectivity index (χ0) is 12.8. The van der Waals surface area contributed by atoms with Crippen LogP contribution in [0, 0.1) is 0 Å². The minimum absolute atomic E-state index is 0.116. The Morgan fingerprint density at radius 2 is 2.39 bits per heavy atom. The van der Waals surface area contributed by atoms with Gasteiger partial charge in [0.15, 0.2) is 5.60 Å². The van der Waals surface area contributed by atoms with Gasteiger partial charge in [0, 0.05) is 31.6 Å². The second-order valence-electron chi connectivity index (χ2n) is 5.18. The van der Waals surface area contributed by atoms with Crippen molar-refractivity contribution in [2.24, 2.45) is 0 Å². The van der Waals surface area contributed by atoms with Gasteiger partial charge in [0.1, 0.15) is 5.76 Å². The van der Waals surface area contributed by atoms with Crippen molar-refractivity contribution < 1.29 is 9.53 Å². The quantitative estimate of drug-likeness (QED) is 0.577. The second-order valence-corrected chi connectivity index (χ2v) is 5.18. The van der Waals surface area contributed by atoms with Crippen molar-refractivity contribution in [1.29, 1.82) is 0 Å². The first-order valence-corrected chi connectivity index (χ1v) is 6.17. The van der Waals surface area contributed by atoms with E-state index in [0.717, 1.165) is 17.9 Å². The average molecular weight is 245 g/mol. The summed E-state index contributed by atoms with van der Waals surface area (Å²) in [6.07, 6.45) is 4.47. The minimum atomic E-state index is -0.798. The number of carbonyl (C=O) groups excluding carboxylic acids is 1. The monoisotopic (exact) mass is 245 g/mol. The summed E-state index contributed by atoms with van der Waals surface area (Å²) < 4.78 is 6.07. The highest BCUT2D eigenvalue weighted by Crippen LogP contribution is 2.33. The molecule has 1 amide bonds. The van der Waals surface area contributed by atoms with Crippen molar-refractivity contribution in [2.75, 3.05) is 33.2 Å². The summed E-state index contributed by atoms with van der Waals surface area (Å²) in [6, 6.07) is 0.